The molecule has 174 valence electrons. The van der Waals surface area contributed by atoms with Crippen LogP contribution in [0, 0.1) is 0 Å². The minimum absolute atomic E-state index is 0.0889. The molecule has 7 nitrogen and oxygen atoms in total. The Morgan fingerprint density at radius 2 is 1.79 bits per heavy atom. The number of hydrogen-bond donors (Lipinski definition) is 0. The van der Waals surface area contributed by atoms with Crippen molar-refractivity contribution in [3.05, 3.63) is 58.4 Å². The van der Waals surface area contributed by atoms with E-state index in [0.717, 1.165) is 31.5 Å². The summed E-state index contributed by atoms with van der Waals surface area (Å²) in [5.74, 6) is 1.70. The predicted molar refractivity (Wildman–Crippen MR) is 130 cm³/mol. The van der Waals surface area contributed by atoms with E-state index in [1.807, 2.05) is 41.3 Å². The normalized spacial score (nSPS) is 13.8. The highest BCUT2D eigenvalue weighted by molar-refractivity contribution is 7.99. The Kier molecular flexibility index (Phi) is 7.54. The summed E-state index contributed by atoms with van der Waals surface area (Å²) >= 11 is 1.34. The zero-order valence-corrected chi connectivity index (χ0v) is 19.9. The maximum absolute atomic E-state index is 13.3. The Morgan fingerprint density at radius 1 is 1.03 bits per heavy atom. The fourth-order valence-corrected chi connectivity index (χ4v) is 5.02. The second-order valence-corrected chi connectivity index (χ2v) is 8.98. The molecule has 4 rings (SSSR count). The van der Waals surface area contributed by atoms with Crippen LogP contribution in [0.5, 0.6) is 11.5 Å². The summed E-state index contributed by atoms with van der Waals surface area (Å²) in [6.45, 7) is 2.08. The number of para-hydroxylation sites is 1. The van der Waals surface area contributed by atoms with E-state index in [4.69, 9.17) is 14.5 Å². The lowest BCUT2D eigenvalue weighted by molar-refractivity contribution is -0.129. The Labute approximate surface area is 197 Å². The van der Waals surface area contributed by atoms with Gasteiger partial charge in [0.05, 0.1) is 30.9 Å². The third kappa shape index (κ3) is 5.33. The third-order valence-corrected chi connectivity index (χ3v) is 6.89. The zero-order chi connectivity index (χ0) is 23.2. The summed E-state index contributed by atoms with van der Waals surface area (Å²) in [5, 5.41) is 1.15. The number of thioether (sulfide) groups is 1. The van der Waals surface area contributed by atoms with Crippen molar-refractivity contribution >= 4 is 28.6 Å². The minimum atomic E-state index is -0.0889. The molecule has 2 heterocycles. The molecular weight excluding hydrogens is 438 g/mol. The van der Waals surface area contributed by atoms with Gasteiger partial charge < -0.3 is 14.4 Å². The van der Waals surface area contributed by atoms with E-state index in [1.54, 1.807) is 24.9 Å². The van der Waals surface area contributed by atoms with Crippen LogP contribution in [-0.2, 0) is 17.8 Å². The molecule has 0 radical (unpaired) electrons. The Morgan fingerprint density at radius 3 is 2.55 bits per heavy atom. The molecule has 1 saturated heterocycles. The topological polar surface area (TPSA) is 73.7 Å². The number of methoxy groups -OCH3 is 2. The summed E-state index contributed by atoms with van der Waals surface area (Å²) in [5.41, 5.74) is 1.58. The number of fused-ring (bicyclic) bond motifs is 1. The van der Waals surface area contributed by atoms with Gasteiger partial charge in [-0.15, -0.1) is 0 Å². The number of likely N-dealkylation sites (tertiary alicyclic amines) is 1. The van der Waals surface area contributed by atoms with E-state index in [0.29, 0.717) is 40.5 Å². The molecule has 0 saturated carbocycles. The van der Waals surface area contributed by atoms with Crippen LogP contribution < -0.4 is 15.0 Å². The zero-order valence-electron chi connectivity index (χ0n) is 19.1. The van der Waals surface area contributed by atoms with Crippen molar-refractivity contribution in [2.45, 2.75) is 37.4 Å². The first kappa shape index (κ1) is 23.2. The Bertz CT molecular complexity index is 1190. The molecule has 1 aliphatic heterocycles. The van der Waals surface area contributed by atoms with Crippen molar-refractivity contribution in [2.24, 2.45) is 0 Å². The molecule has 0 unspecified atom stereocenters. The van der Waals surface area contributed by atoms with Crippen LogP contribution in [0.25, 0.3) is 10.9 Å². The highest BCUT2D eigenvalue weighted by atomic mass is 32.2. The lowest BCUT2D eigenvalue weighted by Gasteiger charge is -2.26. The van der Waals surface area contributed by atoms with Crippen LogP contribution in [0.3, 0.4) is 0 Å². The highest BCUT2D eigenvalue weighted by Crippen LogP contribution is 2.28. The highest BCUT2D eigenvalue weighted by Gasteiger charge is 2.19. The van der Waals surface area contributed by atoms with Gasteiger partial charge in [0.1, 0.15) is 0 Å². The quantitative estimate of drug-likeness (QED) is 0.371. The number of carbonyl (C=O) groups excluding carboxylic acids is 1. The first-order valence-electron chi connectivity index (χ1n) is 11.2. The molecule has 1 aromatic heterocycles. The van der Waals surface area contributed by atoms with Gasteiger partial charge in [0.2, 0.25) is 5.91 Å². The van der Waals surface area contributed by atoms with Crippen LogP contribution in [-0.4, -0.2) is 53.4 Å². The van der Waals surface area contributed by atoms with Crippen molar-refractivity contribution in [2.75, 3.05) is 33.1 Å². The molecule has 3 aromatic rings. The molecule has 8 heteroatoms. The first-order chi connectivity index (χ1) is 16.1. The van der Waals surface area contributed by atoms with Crippen LogP contribution in [0.15, 0.2) is 52.4 Å². The molecule has 1 amide bonds. The monoisotopic (exact) mass is 467 g/mol. The Hall–Kier alpha value is -3.00. The lowest BCUT2D eigenvalue weighted by Crippen LogP contribution is -2.37. The molecule has 0 atom stereocenters. The summed E-state index contributed by atoms with van der Waals surface area (Å²) in [6, 6.07) is 13.1. The van der Waals surface area contributed by atoms with Gasteiger partial charge in [0.15, 0.2) is 16.7 Å². The summed E-state index contributed by atoms with van der Waals surface area (Å²) in [4.78, 5) is 32.7. The maximum atomic E-state index is 13.3. The average Bonchev–Trinajstić information content (AvgIpc) is 2.87. The number of ether oxygens (including phenoxy) is 2. The van der Waals surface area contributed by atoms with E-state index >= 15 is 0 Å². The molecule has 33 heavy (non-hydrogen) atoms. The number of piperidine rings is 1. The van der Waals surface area contributed by atoms with Crippen molar-refractivity contribution in [1.82, 2.24) is 14.5 Å². The second-order valence-electron chi connectivity index (χ2n) is 8.04. The van der Waals surface area contributed by atoms with Crippen molar-refractivity contribution in [1.29, 1.82) is 0 Å². The summed E-state index contributed by atoms with van der Waals surface area (Å²) in [6.07, 6.45) is 3.91. The third-order valence-electron chi connectivity index (χ3n) is 5.93. The van der Waals surface area contributed by atoms with Crippen LogP contribution in [0.2, 0.25) is 0 Å². The van der Waals surface area contributed by atoms with Gasteiger partial charge in [-0.25, -0.2) is 4.98 Å². The minimum Gasteiger partial charge on any atom is -0.493 e. The molecule has 1 fully saturated rings. The largest absolute Gasteiger partial charge is 0.493 e. The number of aromatic nitrogens is 2. The molecule has 0 N–H and O–H groups in total. The fraction of sp³-hybridized carbons (Fsp3) is 0.400. The van der Waals surface area contributed by atoms with Crippen LogP contribution >= 0.6 is 11.8 Å². The number of benzene rings is 2. The average molecular weight is 468 g/mol. The van der Waals surface area contributed by atoms with Crippen molar-refractivity contribution in [3.63, 3.8) is 0 Å². The number of rotatable bonds is 8. The second kappa shape index (κ2) is 10.7. The molecular formula is C25H29N3O4S. The predicted octanol–water partition coefficient (Wildman–Crippen LogP) is 3.76. The van der Waals surface area contributed by atoms with E-state index in [9.17, 15) is 9.59 Å². The fourth-order valence-electron chi connectivity index (χ4n) is 4.09. The Balaban J connectivity index is 1.58. The van der Waals surface area contributed by atoms with Gasteiger partial charge in [0.25, 0.3) is 5.56 Å². The van der Waals surface area contributed by atoms with Gasteiger partial charge in [-0.2, -0.15) is 0 Å². The maximum Gasteiger partial charge on any atom is 0.262 e. The van der Waals surface area contributed by atoms with Crippen molar-refractivity contribution in [3.8, 4) is 11.5 Å². The number of amides is 1. The van der Waals surface area contributed by atoms with E-state index in [1.165, 1.54) is 18.2 Å². The lowest BCUT2D eigenvalue weighted by atomic mass is 10.1. The van der Waals surface area contributed by atoms with E-state index in [2.05, 4.69) is 0 Å². The van der Waals surface area contributed by atoms with Gasteiger partial charge in [-0.3, -0.25) is 14.2 Å². The number of hydrogen-bond acceptors (Lipinski definition) is 6. The van der Waals surface area contributed by atoms with Gasteiger partial charge in [-0.05, 0) is 55.5 Å². The summed E-state index contributed by atoms with van der Waals surface area (Å²) < 4.78 is 12.4. The van der Waals surface area contributed by atoms with E-state index < -0.39 is 0 Å². The molecule has 0 aliphatic carbocycles. The number of aryl methyl sites for hydroxylation is 1. The number of carbonyl (C=O) groups is 1. The van der Waals surface area contributed by atoms with Crippen molar-refractivity contribution < 1.29 is 14.3 Å². The van der Waals surface area contributed by atoms with E-state index in [-0.39, 0.29) is 17.2 Å². The molecule has 0 bridgehead atoms. The molecule has 2 aromatic carbocycles. The first-order valence-corrected chi connectivity index (χ1v) is 12.2. The van der Waals surface area contributed by atoms with Crippen LogP contribution in [0.4, 0.5) is 0 Å². The van der Waals surface area contributed by atoms with Gasteiger partial charge in [0, 0.05) is 19.6 Å². The van der Waals surface area contributed by atoms with Crippen LogP contribution in [0.1, 0.15) is 24.8 Å². The summed E-state index contributed by atoms with van der Waals surface area (Å²) in [7, 11) is 3.21. The molecule has 0 spiro atoms. The molecule has 1 aliphatic rings. The SMILES string of the molecule is COc1ccc(CCn2c(SCC(=O)N3CCCCC3)nc3ccccc3c2=O)cc1OC. The smallest absolute Gasteiger partial charge is 0.262 e. The van der Waals surface area contributed by atoms with Gasteiger partial charge in [-0.1, -0.05) is 30.0 Å². The number of nitrogens with zero attached hydrogens (tertiary/aromatic N) is 3. The van der Waals surface area contributed by atoms with Gasteiger partial charge >= 0.3 is 0 Å². The standard InChI is InChI=1S/C25H29N3O4S/c1-31-21-11-10-18(16-22(21)32-2)12-15-28-24(30)19-8-4-5-9-20(19)26-25(28)33-17-23(29)27-13-6-3-7-14-27/h4-5,8-11,16H,3,6-7,12-15,17H2,1-2H3.